The molecule has 174 valence electrons. The summed E-state index contributed by atoms with van der Waals surface area (Å²) in [5.41, 5.74) is 4.99. The highest BCUT2D eigenvalue weighted by Crippen LogP contribution is 2.39. The lowest BCUT2D eigenvalue weighted by Crippen LogP contribution is -2.20. The van der Waals surface area contributed by atoms with Gasteiger partial charge in [0.1, 0.15) is 11.3 Å². The summed E-state index contributed by atoms with van der Waals surface area (Å²) in [7, 11) is 4.80. The van der Waals surface area contributed by atoms with Gasteiger partial charge in [0.05, 0.1) is 27.6 Å². The summed E-state index contributed by atoms with van der Waals surface area (Å²) in [6.45, 7) is 2.28. The van der Waals surface area contributed by atoms with Crippen LogP contribution in [0.2, 0.25) is 0 Å². The van der Waals surface area contributed by atoms with Crippen LogP contribution in [0.15, 0.2) is 71.6 Å². The monoisotopic (exact) mass is 458 g/mol. The van der Waals surface area contributed by atoms with Gasteiger partial charge in [0.15, 0.2) is 11.5 Å². The Bertz CT molecular complexity index is 1340. The molecule has 4 rings (SSSR count). The molecule has 2 aromatic heterocycles. The molecule has 2 heterocycles. The third kappa shape index (κ3) is 4.73. The van der Waals surface area contributed by atoms with Crippen LogP contribution in [-0.2, 0) is 11.3 Å². The van der Waals surface area contributed by atoms with Crippen molar-refractivity contribution < 1.29 is 23.4 Å². The Balaban J connectivity index is 1.67. The normalized spacial score (nSPS) is 11.4. The fourth-order valence-corrected chi connectivity index (χ4v) is 3.78. The van der Waals surface area contributed by atoms with Crippen molar-refractivity contribution in [3.63, 3.8) is 0 Å². The van der Waals surface area contributed by atoms with E-state index in [2.05, 4.69) is 10.3 Å². The number of nitrogens with one attached hydrogen (secondary N) is 1. The van der Waals surface area contributed by atoms with E-state index in [9.17, 15) is 4.79 Å². The standard InChI is InChI=1S/C27H26N2O5/c1-17(10-27(30)29-15-18-6-5-9-28-14-18)20-12-21-22(16-34-25(21)13-24(20)32-3)19-7-8-23(31-2)26(11-19)33-4/h5-14,16H,15H2,1-4H3,(H,29,30)/b17-10+. The molecule has 34 heavy (non-hydrogen) atoms. The van der Waals surface area contributed by atoms with Crippen molar-refractivity contribution in [3.8, 4) is 28.4 Å². The molecule has 2 aromatic carbocycles. The molecule has 0 saturated carbocycles. The highest BCUT2D eigenvalue weighted by Gasteiger charge is 2.16. The summed E-state index contributed by atoms with van der Waals surface area (Å²) in [6.07, 6.45) is 6.69. The molecule has 0 fully saturated rings. The number of aromatic nitrogens is 1. The first-order chi connectivity index (χ1) is 16.5. The summed E-state index contributed by atoms with van der Waals surface area (Å²) >= 11 is 0. The zero-order chi connectivity index (χ0) is 24.1. The van der Waals surface area contributed by atoms with Gasteiger partial charge in [0, 0.05) is 47.6 Å². The van der Waals surface area contributed by atoms with Crippen molar-refractivity contribution in [3.05, 3.63) is 78.3 Å². The summed E-state index contributed by atoms with van der Waals surface area (Å²) in [6, 6.07) is 13.3. The Morgan fingerprint density at radius 2 is 1.82 bits per heavy atom. The van der Waals surface area contributed by atoms with Crippen LogP contribution in [0, 0.1) is 0 Å². The average molecular weight is 459 g/mol. The number of hydrogen-bond donors (Lipinski definition) is 1. The molecule has 0 aliphatic heterocycles. The molecule has 0 radical (unpaired) electrons. The number of ether oxygens (including phenoxy) is 3. The van der Waals surface area contributed by atoms with E-state index in [1.807, 2.05) is 49.4 Å². The van der Waals surface area contributed by atoms with E-state index in [0.717, 1.165) is 33.2 Å². The van der Waals surface area contributed by atoms with Crippen LogP contribution in [0.1, 0.15) is 18.1 Å². The number of carbonyl (C=O) groups is 1. The fourth-order valence-electron chi connectivity index (χ4n) is 3.78. The molecule has 7 heteroatoms. The van der Waals surface area contributed by atoms with Gasteiger partial charge in [-0.1, -0.05) is 12.1 Å². The number of carbonyl (C=O) groups excluding carboxylic acids is 1. The summed E-state index contributed by atoms with van der Waals surface area (Å²) in [5, 5.41) is 3.78. The minimum atomic E-state index is -0.198. The molecule has 0 aliphatic carbocycles. The second kappa shape index (κ2) is 10.1. The van der Waals surface area contributed by atoms with Gasteiger partial charge in [0.2, 0.25) is 5.91 Å². The van der Waals surface area contributed by atoms with Crippen molar-refractivity contribution in [1.29, 1.82) is 0 Å². The number of furan rings is 1. The van der Waals surface area contributed by atoms with Gasteiger partial charge < -0.3 is 23.9 Å². The molecule has 0 aliphatic rings. The lowest BCUT2D eigenvalue weighted by Gasteiger charge is -2.11. The largest absolute Gasteiger partial charge is 0.496 e. The molecule has 0 spiro atoms. The number of rotatable bonds is 8. The van der Waals surface area contributed by atoms with Crippen LogP contribution < -0.4 is 19.5 Å². The van der Waals surface area contributed by atoms with Crippen LogP contribution >= 0.6 is 0 Å². The summed E-state index contributed by atoms with van der Waals surface area (Å²) in [5.74, 6) is 1.70. The zero-order valence-corrected chi connectivity index (χ0v) is 19.5. The lowest BCUT2D eigenvalue weighted by atomic mass is 9.99. The van der Waals surface area contributed by atoms with Gasteiger partial charge in [-0.15, -0.1) is 0 Å². The maximum atomic E-state index is 12.5. The summed E-state index contributed by atoms with van der Waals surface area (Å²) in [4.78, 5) is 16.6. The van der Waals surface area contributed by atoms with Crippen molar-refractivity contribution >= 4 is 22.4 Å². The number of fused-ring (bicyclic) bond motifs is 1. The summed E-state index contributed by atoms with van der Waals surface area (Å²) < 4.78 is 22.2. The number of nitrogens with zero attached hydrogens (tertiary/aromatic N) is 1. The topological polar surface area (TPSA) is 82.8 Å². The Hall–Kier alpha value is -4.26. The zero-order valence-electron chi connectivity index (χ0n) is 19.5. The van der Waals surface area contributed by atoms with Gasteiger partial charge in [-0.2, -0.15) is 0 Å². The van der Waals surface area contributed by atoms with E-state index in [4.69, 9.17) is 18.6 Å². The number of allylic oxidation sites excluding steroid dienone is 1. The van der Waals surface area contributed by atoms with Crippen molar-refractivity contribution in [2.45, 2.75) is 13.5 Å². The lowest BCUT2D eigenvalue weighted by molar-refractivity contribution is -0.116. The van der Waals surface area contributed by atoms with Gasteiger partial charge in [-0.25, -0.2) is 0 Å². The van der Waals surface area contributed by atoms with E-state index in [1.165, 1.54) is 0 Å². The first-order valence-electron chi connectivity index (χ1n) is 10.7. The molecule has 1 amide bonds. The molecular formula is C27H26N2O5. The molecule has 4 aromatic rings. The van der Waals surface area contributed by atoms with Crippen LogP contribution in [-0.4, -0.2) is 32.2 Å². The highest BCUT2D eigenvalue weighted by molar-refractivity contribution is 6.00. The van der Waals surface area contributed by atoms with E-state index in [1.54, 1.807) is 46.1 Å². The van der Waals surface area contributed by atoms with Crippen LogP contribution in [0.5, 0.6) is 17.2 Å². The van der Waals surface area contributed by atoms with Crippen molar-refractivity contribution in [2.75, 3.05) is 21.3 Å². The van der Waals surface area contributed by atoms with Gasteiger partial charge >= 0.3 is 0 Å². The Kier molecular flexibility index (Phi) is 6.82. The molecule has 1 N–H and O–H groups in total. The molecule has 0 atom stereocenters. The van der Waals surface area contributed by atoms with Crippen molar-refractivity contribution in [1.82, 2.24) is 10.3 Å². The molecule has 0 bridgehead atoms. The van der Waals surface area contributed by atoms with Gasteiger partial charge in [-0.05, 0) is 47.9 Å². The second-order valence-electron chi connectivity index (χ2n) is 7.67. The van der Waals surface area contributed by atoms with Crippen LogP contribution in [0.3, 0.4) is 0 Å². The minimum Gasteiger partial charge on any atom is -0.496 e. The highest BCUT2D eigenvalue weighted by atomic mass is 16.5. The van der Waals surface area contributed by atoms with Gasteiger partial charge in [0.25, 0.3) is 0 Å². The SMILES string of the molecule is COc1ccc(-c2coc3cc(OC)c(/C(C)=C/C(=O)NCc4cccnc4)cc23)cc1OC. The first kappa shape index (κ1) is 22.9. The Labute approximate surface area is 198 Å². The number of hydrogen-bond acceptors (Lipinski definition) is 6. The maximum absolute atomic E-state index is 12.5. The number of amides is 1. The smallest absolute Gasteiger partial charge is 0.244 e. The number of pyridine rings is 1. The number of benzene rings is 2. The van der Waals surface area contributed by atoms with E-state index in [-0.39, 0.29) is 5.91 Å². The Morgan fingerprint density at radius 1 is 1.03 bits per heavy atom. The third-order valence-electron chi connectivity index (χ3n) is 5.55. The fraction of sp³-hybridized carbons (Fsp3) is 0.185. The second-order valence-corrected chi connectivity index (χ2v) is 7.67. The predicted octanol–water partition coefficient (Wildman–Crippen LogP) is 5.24. The average Bonchev–Trinajstić information content (AvgIpc) is 3.29. The molecule has 0 saturated heterocycles. The van der Waals surface area contributed by atoms with Gasteiger partial charge in [-0.3, -0.25) is 9.78 Å². The predicted molar refractivity (Wildman–Crippen MR) is 131 cm³/mol. The van der Waals surface area contributed by atoms with E-state index in [0.29, 0.717) is 29.4 Å². The minimum absolute atomic E-state index is 0.198. The molecule has 0 unspecified atom stereocenters. The maximum Gasteiger partial charge on any atom is 0.244 e. The number of methoxy groups -OCH3 is 3. The third-order valence-corrected chi connectivity index (χ3v) is 5.55. The first-order valence-corrected chi connectivity index (χ1v) is 10.7. The molecular weight excluding hydrogens is 432 g/mol. The van der Waals surface area contributed by atoms with E-state index < -0.39 is 0 Å². The molecule has 7 nitrogen and oxygen atoms in total. The van der Waals surface area contributed by atoms with Crippen LogP contribution in [0.25, 0.3) is 27.7 Å². The van der Waals surface area contributed by atoms with Crippen molar-refractivity contribution in [2.24, 2.45) is 0 Å². The Morgan fingerprint density at radius 3 is 2.53 bits per heavy atom. The van der Waals surface area contributed by atoms with E-state index >= 15 is 0 Å². The van der Waals surface area contributed by atoms with Crippen LogP contribution in [0.4, 0.5) is 0 Å². The quantitative estimate of drug-likeness (QED) is 0.364.